The summed E-state index contributed by atoms with van der Waals surface area (Å²) in [6, 6.07) is 8.26. The fourth-order valence-corrected chi connectivity index (χ4v) is 1.96. The summed E-state index contributed by atoms with van der Waals surface area (Å²) in [5.74, 6) is 0.614. The second kappa shape index (κ2) is 4.32. The monoisotopic (exact) mass is 254 g/mol. The second-order valence-electron chi connectivity index (χ2n) is 3.34. The Balaban J connectivity index is 2.49. The van der Waals surface area contributed by atoms with Crippen LogP contribution in [0.5, 0.6) is 0 Å². The molecule has 82 valence electrons. The molecule has 1 heterocycles. The highest BCUT2D eigenvalue weighted by Gasteiger charge is 2.18. The molecule has 1 aromatic heterocycles. The molecule has 0 N–H and O–H groups in total. The second-order valence-corrected chi connectivity index (χ2v) is 4.15. The van der Waals surface area contributed by atoms with Crippen LogP contribution in [0.25, 0.3) is 0 Å². The Morgan fingerprint density at radius 2 is 1.75 bits per heavy atom. The highest BCUT2D eigenvalue weighted by atomic mass is 35.5. The first kappa shape index (κ1) is 11.2. The predicted octanol–water partition coefficient (Wildman–Crippen LogP) is 4.13. The van der Waals surface area contributed by atoms with Gasteiger partial charge in [-0.15, -0.1) is 0 Å². The maximum Gasteiger partial charge on any atom is 0.231 e. The summed E-state index contributed by atoms with van der Waals surface area (Å²) in [6.07, 6.45) is 0. The fourth-order valence-electron chi connectivity index (χ4n) is 1.39. The van der Waals surface area contributed by atoms with Gasteiger partial charge in [0.25, 0.3) is 0 Å². The van der Waals surface area contributed by atoms with Gasteiger partial charge in [-0.2, -0.15) is 0 Å². The molecule has 0 atom stereocenters. The van der Waals surface area contributed by atoms with Gasteiger partial charge < -0.3 is 4.42 Å². The average Bonchev–Trinajstić information content (AvgIpc) is 2.64. The first-order chi connectivity index (χ1) is 7.59. The third kappa shape index (κ3) is 1.99. The lowest BCUT2D eigenvalue weighted by molar-refractivity contribution is 0.101. The molecule has 0 aliphatic heterocycles. The van der Waals surface area contributed by atoms with Crippen molar-refractivity contribution in [1.29, 1.82) is 0 Å². The molecule has 2 aromatic rings. The van der Waals surface area contributed by atoms with Crippen molar-refractivity contribution in [3.05, 3.63) is 57.5 Å². The molecule has 0 saturated heterocycles. The SMILES string of the molecule is Cc1ccc(C(=O)c2c(Cl)cccc2Cl)o1. The zero-order valence-electron chi connectivity index (χ0n) is 8.46. The summed E-state index contributed by atoms with van der Waals surface area (Å²) >= 11 is 11.9. The van der Waals surface area contributed by atoms with Gasteiger partial charge in [-0.05, 0) is 31.2 Å². The van der Waals surface area contributed by atoms with Crippen molar-refractivity contribution >= 4 is 29.0 Å². The molecule has 16 heavy (non-hydrogen) atoms. The molecule has 0 aliphatic carbocycles. The lowest BCUT2D eigenvalue weighted by Gasteiger charge is -2.03. The number of aryl methyl sites for hydroxylation is 1. The number of rotatable bonds is 2. The minimum absolute atomic E-state index is 0.243. The van der Waals surface area contributed by atoms with Crippen molar-refractivity contribution in [2.45, 2.75) is 6.92 Å². The molecule has 0 unspecified atom stereocenters. The Hall–Kier alpha value is -1.25. The molecule has 0 radical (unpaired) electrons. The van der Waals surface area contributed by atoms with Gasteiger partial charge in [0, 0.05) is 0 Å². The van der Waals surface area contributed by atoms with Crippen molar-refractivity contribution < 1.29 is 9.21 Å². The first-order valence-corrected chi connectivity index (χ1v) is 5.40. The first-order valence-electron chi connectivity index (χ1n) is 4.65. The van der Waals surface area contributed by atoms with Crippen LogP contribution in [0.3, 0.4) is 0 Å². The summed E-state index contributed by atoms with van der Waals surface area (Å²) in [6.45, 7) is 1.77. The average molecular weight is 255 g/mol. The normalized spacial score (nSPS) is 10.4. The largest absolute Gasteiger partial charge is 0.458 e. The van der Waals surface area contributed by atoms with Gasteiger partial charge in [-0.1, -0.05) is 29.3 Å². The van der Waals surface area contributed by atoms with Crippen LogP contribution in [-0.2, 0) is 0 Å². The van der Waals surface area contributed by atoms with E-state index < -0.39 is 0 Å². The summed E-state index contributed by atoms with van der Waals surface area (Å²) < 4.78 is 5.24. The van der Waals surface area contributed by atoms with E-state index in [9.17, 15) is 4.79 Å². The number of hydrogen-bond acceptors (Lipinski definition) is 2. The molecule has 0 bridgehead atoms. The van der Waals surface area contributed by atoms with Crippen LogP contribution < -0.4 is 0 Å². The molecule has 0 amide bonds. The number of hydrogen-bond donors (Lipinski definition) is 0. The molecular formula is C12H8Cl2O2. The summed E-state index contributed by atoms with van der Waals surface area (Å²) in [5, 5.41) is 0.651. The Morgan fingerprint density at radius 1 is 1.12 bits per heavy atom. The highest BCUT2D eigenvalue weighted by molar-refractivity contribution is 6.40. The van der Waals surface area contributed by atoms with Crippen LogP contribution >= 0.6 is 23.2 Å². The third-order valence-electron chi connectivity index (χ3n) is 2.15. The topological polar surface area (TPSA) is 30.2 Å². The zero-order chi connectivity index (χ0) is 11.7. The number of halogens is 2. The molecule has 4 heteroatoms. The van der Waals surface area contributed by atoms with E-state index in [1.54, 1.807) is 37.3 Å². The van der Waals surface area contributed by atoms with Crippen LogP contribution in [0, 0.1) is 6.92 Å². The third-order valence-corrected chi connectivity index (χ3v) is 2.78. The number of carbonyl (C=O) groups excluding carboxylic acids is 1. The van der Waals surface area contributed by atoms with Crippen molar-refractivity contribution in [3.63, 3.8) is 0 Å². The summed E-state index contributed by atoms with van der Waals surface area (Å²) in [4.78, 5) is 12.0. The minimum atomic E-state index is -0.302. The number of ketones is 1. The predicted molar refractivity (Wildman–Crippen MR) is 63.3 cm³/mol. The van der Waals surface area contributed by atoms with Crippen molar-refractivity contribution in [1.82, 2.24) is 0 Å². The quantitative estimate of drug-likeness (QED) is 0.755. The minimum Gasteiger partial charge on any atom is -0.458 e. The van der Waals surface area contributed by atoms with Crippen molar-refractivity contribution in [3.8, 4) is 0 Å². The molecule has 0 spiro atoms. The van der Waals surface area contributed by atoms with Gasteiger partial charge in [0.2, 0.25) is 5.78 Å². The number of carbonyl (C=O) groups is 1. The van der Waals surface area contributed by atoms with E-state index in [-0.39, 0.29) is 17.1 Å². The molecule has 1 aromatic carbocycles. The molecular weight excluding hydrogens is 247 g/mol. The molecule has 2 rings (SSSR count). The standard InChI is InChI=1S/C12H8Cl2O2/c1-7-5-6-10(16-7)12(15)11-8(13)3-2-4-9(11)14/h2-6H,1H3. The number of furan rings is 1. The van der Waals surface area contributed by atoms with Gasteiger partial charge in [-0.25, -0.2) is 0 Å². The number of benzene rings is 1. The highest BCUT2D eigenvalue weighted by Crippen LogP contribution is 2.27. The molecule has 0 saturated carbocycles. The Labute approximate surface area is 103 Å². The Bertz CT molecular complexity index is 523. The van der Waals surface area contributed by atoms with Crippen molar-refractivity contribution in [2.75, 3.05) is 0 Å². The Morgan fingerprint density at radius 3 is 2.25 bits per heavy atom. The summed E-state index contributed by atoms with van der Waals surface area (Å²) in [7, 11) is 0. The summed E-state index contributed by atoms with van der Waals surface area (Å²) in [5.41, 5.74) is 0.278. The molecule has 2 nitrogen and oxygen atoms in total. The maximum absolute atomic E-state index is 12.0. The van der Waals surface area contributed by atoms with Crippen LogP contribution in [0.1, 0.15) is 21.9 Å². The lowest BCUT2D eigenvalue weighted by Crippen LogP contribution is -2.01. The van der Waals surface area contributed by atoms with E-state index in [2.05, 4.69) is 0 Å². The van der Waals surface area contributed by atoms with E-state index in [1.165, 1.54) is 0 Å². The lowest BCUT2D eigenvalue weighted by atomic mass is 10.1. The van der Waals surface area contributed by atoms with E-state index in [1.807, 2.05) is 0 Å². The van der Waals surface area contributed by atoms with Gasteiger partial charge in [0.15, 0.2) is 5.76 Å². The van der Waals surface area contributed by atoms with Gasteiger partial charge >= 0.3 is 0 Å². The maximum atomic E-state index is 12.0. The van der Waals surface area contributed by atoms with E-state index in [0.717, 1.165) is 0 Å². The Kier molecular flexibility index (Phi) is 3.03. The van der Waals surface area contributed by atoms with Gasteiger partial charge in [0.05, 0.1) is 15.6 Å². The van der Waals surface area contributed by atoms with E-state index in [0.29, 0.717) is 15.8 Å². The van der Waals surface area contributed by atoms with Crippen LogP contribution in [-0.4, -0.2) is 5.78 Å². The van der Waals surface area contributed by atoms with Gasteiger partial charge in [0.1, 0.15) is 5.76 Å². The van der Waals surface area contributed by atoms with Crippen molar-refractivity contribution in [2.24, 2.45) is 0 Å². The molecule has 0 fully saturated rings. The fraction of sp³-hybridized carbons (Fsp3) is 0.0833. The van der Waals surface area contributed by atoms with Gasteiger partial charge in [-0.3, -0.25) is 4.79 Å². The van der Waals surface area contributed by atoms with Crippen LogP contribution in [0.15, 0.2) is 34.7 Å². The van der Waals surface area contributed by atoms with E-state index in [4.69, 9.17) is 27.6 Å². The van der Waals surface area contributed by atoms with Crippen LogP contribution in [0.2, 0.25) is 10.0 Å². The zero-order valence-corrected chi connectivity index (χ0v) is 9.97. The van der Waals surface area contributed by atoms with Crippen LogP contribution in [0.4, 0.5) is 0 Å². The molecule has 0 aliphatic rings. The van der Waals surface area contributed by atoms with E-state index >= 15 is 0 Å². The smallest absolute Gasteiger partial charge is 0.231 e.